The van der Waals surface area contributed by atoms with Crippen LogP contribution in [0.25, 0.3) is 24.3 Å². The summed E-state index contributed by atoms with van der Waals surface area (Å²) in [5, 5.41) is 18.3. The summed E-state index contributed by atoms with van der Waals surface area (Å²) in [6.45, 7) is 0. The van der Waals surface area contributed by atoms with Crippen LogP contribution in [0.2, 0.25) is 0 Å². The molecule has 3 aromatic rings. The molecular weight excluding hydrogens is 316 g/mol. The van der Waals surface area contributed by atoms with Crippen molar-refractivity contribution in [3.05, 3.63) is 106 Å². The molecule has 122 valence electrons. The van der Waals surface area contributed by atoms with E-state index in [1.165, 1.54) is 0 Å². The van der Waals surface area contributed by atoms with Crippen molar-refractivity contribution in [1.29, 1.82) is 10.5 Å². The van der Waals surface area contributed by atoms with Gasteiger partial charge in [0.1, 0.15) is 0 Å². The quantitative estimate of drug-likeness (QED) is 0.569. The maximum absolute atomic E-state index is 9.13. The van der Waals surface area contributed by atoms with E-state index in [0.717, 1.165) is 22.3 Å². The highest BCUT2D eigenvalue weighted by Gasteiger charge is 1.97. The third-order valence-electron chi connectivity index (χ3n) is 4.01. The van der Waals surface area contributed by atoms with Gasteiger partial charge < -0.3 is 0 Å². The lowest BCUT2D eigenvalue weighted by Crippen LogP contribution is -1.81. The third-order valence-corrected chi connectivity index (χ3v) is 4.01. The second kappa shape index (κ2) is 8.29. The number of benzene rings is 3. The molecule has 0 fully saturated rings. The van der Waals surface area contributed by atoms with Crippen molar-refractivity contribution in [2.24, 2.45) is 0 Å². The van der Waals surface area contributed by atoms with Gasteiger partial charge in [-0.1, -0.05) is 85.0 Å². The molecule has 2 heteroatoms. The van der Waals surface area contributed by atoms with Gasteiger partial charge in [0.25, 0.3) is 0 Å². The minimum atomic E-state index is 0.666. The van der Waals surface area contributed by atoms with Crippen LogP contribution >= 0.6 is 0 Å². The van der Waals surface area contributed by atoms with Crippen molar-refractivity contribution in [3.8, 4) is 12.1 Å². The Morgan fingerprint density at radius 3 is 1.27 bits per heavy atom. The molecule has 0 aliphatic rings. The zero-order chi connectivity index (χ0) is 18.2. The average molecular weight is 332 g/mol. The Morgan fingerprint density at radius 2 is 0.885 bits per heavy atom. The molecule has 0 bridgehead atoms. The smallest absolute Gasteiger partial charge is 0.0997 e. The SMILES string of the molecule is N#Cc1ccccc1C=Cc1ccc(C=Cc2ccccc2C#N)cc1. The molecule has 26 heavy (non-hydrogen) atoms. The molecule has 0 saturated heterocycles. The molecule has 0 spiro atoms. The van der Waals surface area contributed by atoms with Crippen LogP contribution in [0.15, 0.2) is 72.8 Å². The van der Waals surface area contributed by atoms with Crippen LogP contribution in [-0.2, 0) is 0 Å². The first-order valence-electron chi connectivity index (χ1n) is 8.24. The molecule has 0 N–H and O–H groups in total. The lowest BCUT2D eigenvalue weighted by atomic mass is 10.0. The molecule has 0 atom stereocenters. The third kappa shape index (κ3) is 4.15. The van der Waals surface area contributed by atoms with Crippen molar-refractivity contribution in [2.75, 3.05) is 0 Å². The van der Waals surface area contributed by atoms with Gasteiger partial charge in [0.15, 0.2) is 0 Å². The molecule has 0 amide bonds. The summed E-state index contributed by atoms with van der Waals surface area (Å²) < 4.78 is 0. The van der Waals surface area contributed by atoms with Crippen molar-refractivity contribution in [2.45, 2.75) is 0 Å². The van der Waals surface area contributed by atoms with Gasteiger partial charge in [-0.2, -0.15) is 10.5 Å². The summed E-state index contributed by atoms with van der Waals surface area (Å²) in [7, 11) is 0. The van der Waals surface area contributed by atoms with Gasteiger partial charge in [0.2, 0.25) is 0 Å². The highest BCUT2D eigenvalue weighted by Crippen LogP contribution is 2.15. The van der Waals surface area contributed by atoms with Crippen LogP contribution in [0.4, 0.5) is 0 Å². The molecule has 0 aliphatic carbocycles. The Balaban J connectivity index is 1.75. The minimum Gasteiger partial charge on any atom is -0.192 e. The summed E-state index contributed by atoms with van der Waals surface area (Å²) in [6.07, 6.45) is 7.89. The number of hydrogen-bond donors (Lipinski definition) is 0. The molecule has 2 nitrogen and oxygen atoms in total. The zero-order valence-corrected chi connectivity index (χ0v) is 14.1. The van der Waals surface area contributed by atoms with E-state index in [-0.39, 0.29) is 0 Å². The minimum absolute atomic E-state index is 0.666. The Hall–Kier alpha value is -3.88. The van der Waals surface area contributed by atoms with Crippen LogP contribution in [-0.4, -0.2) is 0 Å². The van der Waals surface area contributed by atoms with Crippen LogP contribution in [0, 0.1) is 22.7 Å². The van der Waals surface area contributed by atoms with E-state index in [4.69, 9.17) is 10.5 Å². The average Bonchev–Trinajstić information content (AvgIpc) is 2.72. The normalized spacial score (nSPS) is 10.7. The first-order valence-corrected chi connectivity index (χ1v) is 8.24. The highest BCUT2D eigenvalue weighted by atomic mass is 14.2. The van der Waals surface area contributed by atoms with Gasteiger partial charge in [-0.05, 0) is 34.4 Å². The van der Waals surface area contributed by atoms with Gasteiger partial charge in [0, 0.05) is 0 Å². The summed E-state index contributed by atoms with van der Waals surface area (Å²) in [4.78, 5) is 0. The first kappa shape index (κ1) is 17.0. The van der Waals surface area contributed by atoms with Crippen molar-refractivity contribution < 1.29 is 0 Å². The van der Waals surface area contributed by atoms with Crippen LogP contribution in [0.1, 0.15) is 33.4 Å². The van der Waals surface area contributed by atoms with Crippen molar-refractivity contribution in [1.82, 2.24) is 0 Å². The number of nitrogens with zero attached hydrogens (tertiary/aromatic N) is 2. The van der Waals surface area contributed by atoms with Gasteiger partial charge in [-0.3, -0.25) is 0 Å². The van der Waals surface area contributed by atoms with Crippen molar-refractivity contribution >= 4 is 24.3 Å². The molecule has 0 aromatic heterocycles. The number of hydrogen-bond acceptors (Lipinski definition) is 2. The topological polar surface area (TPSA) is 47.6 Å². The summed E-state index contributed by atoms with van der Waals surface area (Å²) in [5.74, 6) is 0. The van der Waals surface area contributed by atoms with E-state index in [1.54, 1.807) is 0 Å². The fourth-order valence-corrected chi connectivity index (χ4v) is 2.58. The predicted molar refractivity (Wildman–Crippen MR) is 107 cm³/mol. The second-order valence-corrected chi connectivity index (χ2v) is 5.73. The standard InChI is InChI=1S/C24H16N2/c25-17-23-7-3-1-5-21(23)15-13-19-9-11-20(12-10-19)14-16-22-6-2-4-8-24(22)18-26/h1-16H. The van der Waals surface area contributed by atoms with E-state index in [1.807, 2.05) is 97.1 Å². The molecule has 0 unspecified atom stereocenters. The van der Waals surface area contributed by atoms with Crippen LogP contribution < -0.4 is 0 Å². The molecule has 0 saturated carbocycles. The van der Waals surface area contributed by atoms with E-state index >= 15 is 0 Å². The fourth-order valence-electron chi connectivity index (χ4n) is 2.58. The first-order chi connectivity index (χ1) is 12.8. The van der Waals surface area contributed by atoms with Gasteiger partial charge in [-0.25, -0.2) is 0 Å². The van der Waals surface area contributed by atoms with E-state index in [2.05, 4.69) is 12.1 Å². The maximum Gasteiger partial charge on any atom is 0.0997 e. The lowest BCUT2D eigenvalue weighted by Gasteiger charge is -1.99. The molecular formula is C24H16N2. The van der Waals surface area contributed by atoms with Crippen LogP contribution in [0.5, 0.6) is 0 Å². The second-order valence-electron chi connectivity index (χ2n) is 5.73. The Morgan fingerprint density at radius 1 is 0.500 bits per heavy atom. The number of nitriles is 2. The Kier molecular flexibility index (Phi) is 5.41. The molecule has 0 aliphatic heterocycles. The fraction of sp³-hybridized carbons (Fsp3) is 0. The maximum atomic E-state index is 9.13. The number of rotatable bonds is 4. The predicted octanol–water partition coefficient (Wildman–Crippen LogP) is 5.77. The van der Waals surface area contributed by atoms with E-state index in [9.17, 15) is 0 Å². The van der Waals surface area contributed by atoms with Crippen molar-refractivity contribution in [3.63, 3.8) is 0 Å². The van der Waals surface area contributed by atoms with Gasteiger partial charge in [-0.15, -0.1) is 0 Å². The molecule has 3 rings (SSSR count). The van der Waals surface area contributed by atoms with Gasteiger partial charge >= 0.3 is 0 Å². The van der Waals surface area contributed by atoms with E-state index in [0.29, 0.717) is 11.1 Å². The Bertz CT molecular complexity index is 956. The summed E-state index contributed by atoms with van der Waals surface area (Å²) in [6, 6.07) is 27.6. The lowest BCUT2D eigenvalue weighted by molar-refractivity contribution is 1.47. The largest absolute Gasteiger partial charge is 0.192 e. The molecule has 0 radical (unpaired) electrons. The van der Waals surface area contributed by atoms with Crippen LogP contribution in [0.3, 0.4) is 0 Å². The highest BCUT2D eigenvalue weighted by molar-refractivity contribution is 5.75. The summed E-state index contributed by atoms with van der Waals surface area (Å²) >= 11 is 0. The molecule has 3 aromatic carbocycles. The Labute approximate surface area is 153 Å². The van der Waals surface area contributed by atoms with Gasteiger partial charge in [0.05, 0.1) is 23.3 Å². The monoisotopic (exact) mass is 332 g/mol. The summed E-state index contributed by atoms with van der Waals surface area (Å²) in [5.41, 5.74) is 5.28. The zero-order valence-electron chi connectivity index (χ0n) is 14.1. The van der Waals surface area contributed by atoms with E-state index < -0.39 is 0 Å². The molecule has 0 heterocycles.